The van der Waals surface area contributed by atoms with Gasteiger partial charge in [-0.1, -0.05) is 6.92 Å². The highest BCUT2D eigenvalue weighted by Crippen LogP contribution is 2.34. The van der Waals surface area contributed by atoms with Crippen molar-refractivity contribution >= 4 is 39.2 Å². The molecule has 0 radical (unpaired) electrons. The number of rotatable bonds is 7. The van der Waals surface area contributed by atoms with Gasteiger partial charge in [0.15, 0.2) is 0 Å². The first-order valence-corrected chi connectivity index (χ1v) is 12.0. The number of carboxylic acid groups (broad SMARTS) is 1. The number of thiophene rings is 1. The van der Waals surface area contributed by atoms with E-state index in [2.05, 4.69) is 71.4 Å². The summed E-state index contributed by atoms with van der Waals surface area (Å²) < 4.78 is 0.853. The van der Waals surface area contributed by atoms with E-state index in [1.807, 2.05) is 0 Å². The lowest BCUT2D eigenvalue weighted by Gasteiger charge is -2.46. The molecule has 3 N–H and O–H groups in total. The molecule has 6 nitrogen and oxygen atoms in total. The van der Waals surface area contributed by atoms with Crippen molar-refractivity contribution in [3.8, 4) is 10.6 Å². The second-order valence-electron chi connectivity index (χ2n) is 9.58. The van der Waals surface area contributed by atoms with Gasteiger partial charge in [-0.15, -0.1) is 11.3 Å². The van der Waals surface area contributed by atoms with Crippen LogP contribution in [0.25, 0.3) is 10.6 Å². The zero-order valence-electron chi connectivity index (χ0n) is 18.3. The van der Waals surface area contributed by atoms with Gasteiger partial charge in [0, 0.05) is 28.2 Å². The lowest BCUT2D eigenvalue weighted by Crippen LogP contribution is -2.60. The molecule has 2 aromatic rings. The molecule has 0 aromatic carbocycles. The Hall–Kier alpha value is -1.51. The molecule has 1 unspecified atom stereocenters. The number of aliphatic carboxylic acids is 1. The van der Waals surface area contributed by atoms with Crippen LogP contribution in [-0.4, -0.2) is 38.2 Å². The molecule has 1 atom stereocenters. The molecule has 30 heavy (non-hydrogen) atoms. The van der Waals surface area contributed by atoms with Gasteiger partial charge in [-0.05, 0) is 81.4 Å². The number of halogens is 1. The maximum atomic E-state index is 11.0. The quantitative estimate of drug-likeness (QED) is 0.481. The third-order valence-electron chi connectivity index (χ3n) is 5.41. The Bertz CT molecular complexity index is 896. The molecule has 3 rings (SSSR count). The molecule has 0 aliphatic carbocycles. The molecule has 1 saturated heterocycles. The third kappa shape index (κ3) is 6.02. The van der Waals surface area contributed by atoms with Gasteiger partial charge in [-0.3, -0.25) is 4.79 Å². The number of carbonyl (C=O) groups is 1. The number of nitrogens with zero attached hydrogens (tertiary/aromatic N) is 2. The predicted octanol–water partition coefficient (Wildman–Crippen LogP) is 5.34. The van der Waals surface area contributed by atoms with Crippen molar-refractivity contribution < 1.29 is 9.90 Å². The standard InChI is InChI=1S/C22H31BrN4O2S/c1-13(19(28)29)6-7-15-8-9-17(30-15)18-16(23)12-24-20(26-18)25-14-10-21(2,3)27-22(4,5)11-14/h8-9,12-14,27H,6-7,10-11H2,1-5H3,(H,28,29)(H,24,25,26). The molecule has 3 heterocycles. The Morgan fingerprint density at radius 1 is 1.33 bits per heavy atom. The summed E-state index contributed by atoms with van der Waals surface area (Å²) in [6.07, 6.45) is 5.18. The molecule has 1 aliphatic rings. The summed E-state index contributed by atoms with van der Waals surface area (Å²) in [6.45, 7) is 10.7. The first-order chi connectivity index (χ1) is 13.9. The van der Waals surface area contributed by atoms with Crippen molar-refractivity contribution in [3.05, 3.63) is 27.7 Å². The average Bonchev–Trinajstić information content (AvgIpc) is 3.07. The highest BCUT2D eigenvalue weighted by atomic mass is 79.9. The van der Waals surface area contributed by atoms with E-state index in [-0.39, 0.29) is 17.0 Å². The Morgan fingerprint density at radius 2 is 2.00 bits per heavy atom. The molecule has 0 spiro atoms. The van der Waals surface area contributed by atoms with E-state index in [9.17, 15) is 4.79 Å². The number of anilines is 1. The molecule has 0 bridgehead atoms. The van der Waals surface area contributed by atoms with Crippen molar-refractivity contribution in [2.45, 2.75) is 77.4 Å². The van der Waals surface area contributed by atoms with Crippen molar-refractivity contribution in [1.82, 2.24) is 15.3 Å². The van der Waals surface area contributed by atoms with Crippen LogP contribution in [0.5, 0.6) is 0 Å². The molecular formula is C22H31BrN4O2S. The molecule has 164 valence electrons. The fourth-order valence-corrected chi connectivity index (χ4v) is 5.90. The van der Waals surface area contributed by atoms with E-state index >= 15 is 0 Å². The summed E-state index contributed by atoms with van der Waals surface area (Å²) in [6, 6.07) is 4.41. The van der Waals surface area contributed by atoms with Crippen LogP contribution in [0.2, 0.25) is 0 Å². The molecule has 1 fully saturated rings. The number of hydrogen-bond acceptors (Lipinski definition) is 6. The van der Waals surface area contributed by atoms with Crippen LogP contribution in [0.1, 0.15) is 58.8 Å². The van der Waals surface area contributed by atoms with Crippen LogP contribution in [0.15, 0.2) is 22.8 Å². The van der Waals surface area contributed by atoms with Crippen molar-refractivity contribution in [2.24, 2.45) is 5.92 Å². The summed E-state index contributed by atoms with van der Waals surface area (Å²) in [4.78, 5) is 22.5. The normalized spacial score (nSPS) is 19.4. The first-order valence-electron chi connectivity index (χ1n) is 10.3. The molecule has 2 aromatic heterocycles. The SMILES string of the molecule is CC(CCc1ccc(-c2nc(NC3CC(C)(C)NC(C)(C)C3)ncc2Br)s1)C(=O)O. The molecule has 0 amide bonds. The average molecular weight is 495 g/mol. The lowest BCUT2D eigenvalue weighted by atomic mass is 9.80. The summed E-state index contributed by atoms with van der Waals surface area (Å²) in [7, 11) is 0. The van der Waals surface area contributed by atoms with Gasteiger partial charge in [0.1, 0.15) is 0 Å². The van der Waals surface area contributed by atoms with Crippen LogP contribution in [0, 0.1) is 5.92 Å². The lowest BCUT2D eigenvalue weighted by molar-refractivity contribution is -0.141. The van der Waals surface area contributed by atoms with Gasteiger partial charge >= 0.3 is 5.97 Å². The van der Waals surface area contributed by atoms with Gasteiger partial charge in [-0.2, -0.15) is 0 Å². The van der Waals surface area contributed by atoms with Crippen LogP contribution in [0.3, 0.4) is 0 Å². The van der Waals surface area contributed by atoms with Gasteiger partial charge in [0.2, 0.25) is 5.95 Å². The van der Waals surface area contributed by atoms with Crippen molar-refractivity contribution in [3.63, 3.8) is 0 Å². The number of aryl methyl sites for hydroxylation is 1. The van der Waals surface area contributed by atoms with Gasteiger partial charge in [-0.25, -0.2) is 9.97 Å². The topological polar surface area (TPSA) is 87.1 Å². The first kappa shape index (κ1) is 23.2. The largest absolute Gasteiger partial charge is 0.481 e. The number of nitrogens with one attached hydrogen (secondary N) is 2. The molecule has 0 saturated carbocycles. The zero-order chi connectivity index (χ0) is 22.1. The van der Waals surface area contributed by atoms with E-state index in [0.29, 0.717) is 18.4 Å². The number of aromatic nitrogens is 2. The van der Waals surface area contributed by atoms with E-state index in [1.165, 1.54) is 4.88 Å². The summed E-state index contributed by atoms with van der Waals surface area (Å²) in [5, 5.41) is 16.3. The minimum Gasteiger partial charge on any atom is -0.481 e. The minimum absolute atomic E-state index is 0.0490. The Morgan fingerprint density at radius 3 is 2.63 bits per heavy atom. The number of piperidine rings is 1. The minimum atomic E-state index is -0.745. The second kappa shape index (κ2) is 8.93. The zero-order valence-corrected chi connectivity index (χ0v) is 20.7. The highest BCUT2D eigenvalue weighted by Gasteiger charge is 2.37. The van der Waals surface area contributed by atoms with E-state index in [4.69, 9.17) is 10.1 Å². The van der Waals surface area contributed by atoms with E-state index < -0.39 is 5.97 Å². The third-order valence-corrected chi connectivity index (χ3v) is 7.14. The second-order valence-corrected chi connectivity index (χ2v) is 11.6. The predicted molar refractivity (Wildman–Crippen MR) is 126 cm³/mol. The van der Waals surface area contributed by atoms with E-state index in [1.54, 1.807) is 24.5 Å². The van der Waals surface area contributed by atoms with E-state index in [0.717, 1.165) is 34.3 Å². The van der Waals surface area contributed by atoms with Gasteiger partial charge < -0.3 is 15.7 Å². The molecule has 8 heteroatoms. The van der Waals surface area contributed by atoms with Crippen molar-refractivity contribution in [2.75, 3.05) is 5.32 Å². The Labute approximate surface area is 191 Å². The van der Waals surface area contributed by atoms with Crippen LogP contribution in [-0.2, 0) is 11.2 Å². The van der Waals surface area contributed by atoms with Gasteiger partial charge in [0.05, 0.1) is 21.0 Å². The maximum Gasteiger partial charge on any atom is 0.306 e. The Balaban J connectivity index is 1.74. The summed E-state index contributed by atoms with van der Waals surface area (Å²) in [5.41, 5.74) is 0.961. The number of carboxylic acids is 1. The fourth-order valence-electron chi connectivity index (χ4n) is 4.34. The fraction of sp³-hybridized carbons (Fsp3) is 0.591. The van der Waals surface area contributed by atoms with Crippen LogP contribution < -0.4 is 10.6 Å². The monoisotopic (exact) mass is 494 g/mol. The van der Waals surface area contributed by atoms with Gasteiger partial charge in [0.25, 0.3) is 0 Å². The summed E-state index contributed by atoms with van der Waals surface area (Å²) in [5.74, 6) is -0.443. The van der Waals surface area contributed by atoms with Crippen LogP contribution >= 0.6 is 27.3 Å². The number of hydrogen-bond donors (Lipinski definition) is 3. The molecular weight excluding hydrogens is 464 g/mol. The molecule has 1 aliphatic heterocycles. The van der Waals surface area contributed by atoms with Crippen LogP contribution in [0.4, 0.5) is 5.95 Å². The Kier molecular flexibility index (Phi) is 6.89. The highest BCUT2D eigenvalue weighted by molar-refractivity contribution is 9.10. The maximum absolute atomic E-state index is 11.0. The van der Waals surface area contributed by atoms with Crippen molar-refractivity contribution in [1.29, 1.82) is 0 Å². The smallest absolute Gasteiger partial charge is 0.306 e. The summed E-state index contributed by atoms with van der Waals surface area (Å²) >= 11 is 5.24.